The lowest BCUT2D eigenvalue weighted by Gasteiger charge is -2.20. The largest absolute Gasteiger partial charge is 0.352 e. The number of carbonyl (C=O) groups excluding carboxylic acids is 1. The number of para-hydroxylation sites is 2. The van der Waals surface area contributed by atoms with Crippen molar-refractivity contribution < 1.29 is 4.79 Å². The SMILES string of the molecule is CCc1nc2ccccc2n1[C@@H](CC)C(=O)NCCn1nc(C)nc1C. The molecule has 2 aromatic heterocycles. The van der Waals surface area contributed by atoms with Gasteiger partial charge in [-0.2, -0.15) is 5.10 Å². The first-order valence-electron chi connectivity index (χ1n) is 9.16. The van der Waals surface area contributed by atoms with Crippen LogP contribution in [0.1, 0.15) is 43.8 Å². The average molecular weight is 354 g/mol. The number of carbonyl (C=O) groups is 1. The van der Waals surface area contributed by atoms with E-state index >= 15 is 0 Å². The molecule has 1 amide bonds. The van der Waals surface area contributed by atoms with Crippen LogP contribution in [-0.2, 0) is 17.8 Å². The third-order valence-electron chi connectivity index (χ3n) is 4.57. The van der Waals surface area contributed by atoms with E-state index in [0.717, 1.165) is 34.9 Å². The Labute approximate surface area is 153 Å². The van der Waals surface area contributed by atoms with Crippen LogP contribution in [0, 0.1) is 13.8 Å². The van der Waals surface area contributed by atoms with E-state index in [1.54, 1.807) is 0 Å². The molecule has 0 bridgehead atoms. The molecule has 0 aliphatic heterocycles. The van der Waals surface area contributed by atoms with E-state index < -0.39 is 0 Å². The van der Waals surface area contributed by atoms with Gasteiger partial charge in [0.15, 0.2) is 0 Å². The summed E-state index contributed by atoms with van der Waals surface area (Å²) in [5.74, 6) is 2.56. The molecule has 0 aliphatic carbocycles. The molecule has 0 saturated carbocycles. The van der Waals surface area contributed by atoms with Gasteiger partial charge in [0.2, 0.25) is 5.91 Å². The minimum Gasteiger partial charge on any atom is -0.352 e. The second-order valence-electron chi connectivity index (χ2n) is 6.38. The van der Waals surface area contributed by atoms with Gasteiger partial charge in [0.1, 0.15) is 23.5 Å². The Morgan fingerprint density at radius 3 is 2.62 bits per heavy atom. The molecule has 0 saturated heterocycles. The summed E-state index contributed by atoms with van der Waals surface area (Å²) in [6.45, 7) is 9.02. The van der Waals surface area contributed by atoms with E-state index in [-0.39, 0.29) is 11.9 Å². The van der Waals surface area contributed by atoms with Gasteiger partial charge < -0.3 is 9.88 Å². The van der Waals surface area contributed by atoms with Crippen LogP contribution >= 0.6 is 0 Å². The number of aryl methyl sites for hydroxylation is 3. The molecule has 1 N–H and O–H groups in total. The number of amides is 1. The first kappa shape index (κ1) is 18.1. The highest BCUT2D eigenvalue weighted by molar-refractivity contribution is 5.84. The fraction of sp³-hybridized carbons (Fsp3) is 0.474. The number of nitrogens with zero attached hydrogens (tertiary/aromatic N) is 5. The summed E-state index contributed by atoms with van der Waals surface area (Å²) in [6.07, 6.45) is 1.50. The van der Waals surface area contributed by atoms with Gasteiger partial charge in [0.05, 0.1) is 17.6 Å². The van der Waals surface area contributed by atoms with Gasteiger partial charge in [-0.15, -0.1) is 0 Å². The predicted octanol–water partition coefficient (Wildman–Crippen LogP) is 2.57. The Balaban J connectivity index is 1.76. The van der Waals surface area contributed by atoms with Gasteiger partial charge in [-0.25, -0.2) is 14.6 Å². The van der Waals surface area contributed by atoms with E-state index in [0.29, 0.717) is 19.5 Å². The van der Waals surface area contributed by atoms with E-state index in [1.807, 2.05) is 49.7 Å². The quantitative estimate of drug-likeness (QED) is 0.707. The minimum absolute atomic E-state index is 0.0137. The van der Waals surface area contributed by atoms with Gasteiger partial charge >= 0.3 is 0 Å². The molecule has 26 heavy (non-hydrogen) atoms. The van der Waals surface area contributed by atoms with Crippen LogP contribution in [0.3, 0.4) is 0 Å². The van der Waals surface area contributed by atoms with E-state index in [2.05, 4.69) is 31.9 Å². The van der Waals surface area contributed by atoms with Crippen molar-refractivity contribution in [2.24, 2.45) is 0 Å². The van der Waals surface area contributed by atoms with Crippen LogP contribution in [0.15, 0.2) is 24.3 Å². The topological polar surface area (TPSA) is 77.6 Å². The maximum atomic E-state index is 12.9. The maximum Gasteiger partial charge on any atom is 0.243 e. The molecule has 0 unspecified atom stereocenters. The van der Waals surface area contributed by atoms with Crippen LogP contribution in [0.4, 0.5) is 0 Å². The lowest BCUT2D eigenvalue weighted by Crippen LogP contribution is -2.35. The van der Waals surface area contributed by atoms with E-state index in [4.69, 9.17) is 0 Å². The second kappa shape index (κ2) is 7.68. The Kier molecular flexibility index (Phi) is 5.35. The summed E-state index contributed by atoms with van der Waals surface area (Å²) in [7, 11) is 0. The third kappa shape index (κ3) is 3.47. The summed E-state index contributed by atoms with van der Waals surface area (Å²) in [5, 5.41) is 7.38. The number of hydrogen-bond acceptors (Lipinski definition) is 4. The predicted molar refractivity (Wildman–Crippen MR) is 101 cm³/mol. The third-order valence-corrected chi connectivity index (χ3v) is 4.57. The van der Waals surface area contributed by atoms with Gasteiger partial charge in [0, 0.05) is 13.0 Å². The normalized spacial score (nSPS) is 12.5. The van der Waals surface area contributed by atoms with Gasteiger partial charge in [-0.1, -0.05) is 26.0 Å². The molecule has 7 heteroatoms. The second-order valence-corrected chi connectivity index (χ2v) is 6.38. The fourth-order valence-electron chi connectivity index (χ4n) is 3.35. The minimum atomic E-state index is -0.268. The van der Waals surface area contributed by atoms with Crippen LogP contribution in [0.25, 0.3) is 11.0 Å². The number of imidazole rings is 1. The summed E-state index contributed by atoms with van der Waals surface area (Å²) < 4.78 is 3.90. The lowest BCUT2D eigenvalue weighted by molar-refractivity contribution is -0.124. The first-order chi connectivity index (χ1) is 12.5. The molecule has 3 aromatic rings. The number of benzene rings is 1. The average Bonchev–Trinajstić information content (AvgIpc) is 3.15. The van der Waals surface area contributed by atoms with Crippen LogP contribution in [0.2, 0.25) is 0 Å². The summed E-state index contributed by atoms with van der Waals surface area (Å²) in [5.41, 5.74) is 1.94. The van der Waals surface area contributed by atoms with Crippen molar-refractivity contribution >= 4 is 16.9 Å². The number of hydrogen-bond donors (Lipinski definition) is 1. The fourth-order valence-corrected chi connectivity index (χ4v) is 3.35. The lowest BCUT2D eigenvalue weighted by atomic mass is 10.2. The Hall–Kier alpha value is -2.70. The van der Waals surface area contributed by atoms with Crippen molar-refractivity contribution in [3.8, 4) is 0 Å². The standard InChI is InChI=1S/C19H26N6O/c1-5-16(19(26)20-11-12-24-14(4)21-13(3)23-24)25-17-10-8-7-9-15(17)22-18(25)6-2/h7-10,16H,5-6,11-12H2,1-4H3,(H,20,26)/t16-/m0/s1. The molecule has 0 spiro atoms. The van der Waals surface area contributed by atoms with Gasteiger partial charge in [-0.3, -0.25) is 4.79 Å². The summed E-state index contributed by atoms with van der Waals surface area (Å²) in [6, 6.07) is 7.71. The molecule has 0 aliphatic rings. The highest BCUT2D eigenvalue weighted by Gasteiger charge is 2.23. The Bertz CT molecular complexity index is 910. The molecule has 0 fully saturated rings. The van der Waals surface area contributed by atoms with Crippen LogP contribution in [-0.4, -0.2) is 36.8 Å². The van der Waals surface area contributed by atoms with Crippen molar-refractivity contribution in [3.05, 3.63) is 41.7 Å². The Morgan fingerprint density at radius 1 is 1.19 bits per heavy atom. The number of fused-ring (bicyclic) bond motifs is 1. The van der Waals surface area contributed by atoms with Crippen molar-refractivity contribution in [2.75, 3.05) is 6.54 Å². The zero-order valence-electron chi connectivity index (χ0n) is 15.9. The monoisotopic (exact) mass is 354 g/mol. The number of aromatic nitrogens is 5. The highest BCUT2D eigenvalue weighted by Crippen LogP contribution is 2.24. The molecule has 0 radical (unpaired) electrons. The van der Waals surface area contributed by atoms with Crippen LogP contribution in [0.5, 0.6) is 0 Å². The van der Waals surface area contributed by atoms with Crippen LogP contribution < -0.4 is 5.32 Å². The van der Waals surface area contributed by atoms with Gasteiger partial charge in [0.25, 0.3) is 0 Å². The highest BCUT2D eigenvalue weighted by atomic mass is 16.2. The van der Waals surface area contributed by atoms with E-state index in [1.165, 1.54) is 0 Å². The number of nitrogens with one attached hydrogen (secondary N) is 1. The molecule has 1 aromatic carbocycles. The maximum absolute atomic E-state index is 12.9. The molecule has 2 heterocycles. The molecule has 1 atom stereocenters. The molecule has 7 nitrogen and oxygen atoms in total. The molecular formula is C19H26N6O. The van der Waals surface area contributed by atoms with Crippen molar-refractivity contribution in [2.45, 2.75) is 53.1 Å². The molecule has 138 valence electrons. The van der Waals surface area contributed by atoms with E-state index in [9.17, 15) is 4.79 Å². The summed E-state index contributed by atoms with van der Waals surface area (Å²) in [4.78, 5) is 21.8. The first-order valence-corrected chi connectivity index (χ1v) is 9.16. The van der Waals surface area contributed by atoms with Crippen molar-refractivity contribution in [1.29, 1.82) is 0 Å². The summed E-state index contributed by atoms with van der Waals surface area (Å²) >= 11 is 0. The van der Waals surface area contributed by atoms with Crippen molar-refractivity contribution in [1.82, 2.24) is 29.6 Å². The zero-order valence-corrected chi connectivity index (χ0v) is 15.9. The number of rotatable bonds is 7. The molecule has 3 rings (SSSR count). The smallest absolute Gasteiger partial charge is 0.243 e. The van der Waals surface area contributed by atoms with Gasteiger partial charge in [-0.05, 0) is 32.4 Å². The van der Waals surface area contributed by atoms with Crippen molar-refractivity contribution in [3.63, 3.8) is 0 Å². The Morgan fingerprint density at radius 2 is 1.96 bits per heavy atom. The molecular weight excluding hydrogens is 328 g/mol. The zero-order chi connectivity index (χ0) is 18.7.